The van der Waals surface area contributed by atoms with Crippen LogP contribution in [-0.4, -0.2) is 57.0 Å². The first-order valence-corrected chi connectivity index (χ1v) is 6.98. The third-order valence-electron chi connectivity index (χ3n) is 4.27. The van der Waals surface area contributed by atoms with Gasteiger partial charge < -0.3 is 14.4 Å². The van der Waals surface area contributed by atoms with E-state index in [1.54, 1.807) is 0 Å². The van der Waals surface area contributed by atoms with Crippen LogP contribution in [0.3, 0.4) is 0 Å². The Labute approximate surface area is 110 Å². The van der Waals surface area contributed by atoms with Gasteiger partial charge in [-0.2, -0.15) is 0 Å². The summed E-state index contributed by atoms with van der Waals surface area (Å²) in [5, 5.41) is 0. The fourth-order valence-electron chi connectivity index (χ4n) is 3.12. The Bertz CT molecular complexity index is 255. The lowest BCUT2D eigenvalue weighted by atomic mass is 9.80. The van der Waals surface area contributed by atoms with Crippen LogP contribution >= 0.6 is 0 Å². The molecule has 5 heteroatoms. The number of hydrogen-bond acceptors (Lipinski definition) is 5. The second-order valence-electron chi connectivity index (χ2n) is 5.95. The van der Waals surface area contributed by atoms with Crippen molar-refractivity contribution in [2.24, 2.45) is 11.8 Å². The van der Waals surface area contributed by atoms with Crippen molar-refractivity contribution < 1.29 is 9.47 Å². The van der Waals surface area contributed by atoms with Crippen molar-refractivity contribution in [1.82, 2.24) is 10.3 Å². The van der Waals surface area contributed by atoms with E-state index < -0.39 is 0 Å². The highest BCUT2D eigenvalue weighted by Crippen LogP contribution is 2.37. The van der Waals surface area contributed by atoms with Crippen molar-refractivity contribution >= 4 is 0 Å². The van der Waals surface area contributed by atoms with E-state index in [4.69, 9.17) is 15.3 Å². The summed E-state index contributed by atoms with van der Waals surface area (Å²) in [5.41, 5.74) is 2.99. The number of hydrazine groups is 1. The van der Waals surface area contributed by atoms with Gasteiger partial charge in [0.15, 0.2) is 0 Å². The second kappa shape index (κ2) is 6.30. The lowest BCUT2D eigenvalue weighted by Gasteiger charge is -2.40. The lowest BCUT2D eigenvalue weighted by Crippen LogP contribution is -2.49. The van der Waals surface area contributed by atoms with Crippen LogP contribution in [0, 0.1) is 5.92 Å². The van der Waals surface area contributed by atoms with Gasteiger partial charge in [-0.25, -0.2) is 0 Å². The maximum Gasteiger partial charge on any atom is 0.0939 e. The predicted molar refractivity (Wildman–Crippen MR) is 71.1 cm³/mol. The van der Waals surface area contributed by atoms with Crippen LogP contribution in [-0.2, 0) is 9.47 Å². The highest BCUT2D eigenvalue weighted by atomic mass is 16.6. The molecule has 3 atom stereocenters. The summed E-state index contributed by atoms with van der Waals surface area (Å²) < 4.78 is 11.5. The smallest absolute Gasteiger partial charge is 0.0939 e. The highest BCUT2D eigenvalue weighted by molar-refractivity contribution is 4.93. The summed E-state index contributed by atoms with van der Waals surface area (Å²) in [6.45, 7) is 3.50. The van der Waals surface area contributed by atoms with Crippen LogP contribution in [0.1, 0.15) is 25.7 Å². The first-order valence-electron chi connectivity index (χ1n) is 6.98. The minimum Gasteiger partial charge on any atom is -0.378 e. The molecule has 0 aromatic rings. The molecular weight excluding hydrogens is 230 g/mol. The number of nitrogens with two attached hydrogens (primary N) is 1. The van der Waals surface area contributed by atoms with Crippen molar-refractivity contribution in [3.8, 4) is 0 Å². The van der Waals surface area contributed by atoms with Crippen LogP contribution in [0.25, 0.3) is 0 Å². The number of nitrogens with one attached hydrogen (secondary N) is 1. The van der Waals surface area contributed by atoms with Gasteiger partial charge in [0.2, 0.25) is 0 Å². The minimum absolute atomic E-state index is 0.0177. The van der Waals surface area contributed by atoms with Gasteiger partial charge in [-0.05, 0) is 45.8 Å². The molecule has 0 radical (unpaired) electrons. The van der Waals surface area contributed by atoms with Crippen molar-refractivity contribution in [2.45, 2.75) is 37.3 Å². The summed E-state index contributed by atoms with van der Waals surface area (Å²) in [6, 6.07) is 0.383. The minimum atomic E-state index is -0.0177. The molecule has 2 heterocycles. The molecule has 2 fully saturated rings. The van der Waals surface area contributed by atoms with E-state index >= 15 is 0 Å². The molecule has 3 N–H and O–H groups in total. The van der Waals surface area contributed by atoms with E-state index in [-0.39, 0.29) is 5.60 Å². The maximum absolute atomic E-state index is 5.97. The third kappa shape index (κ3) is 3.42. The first-order chi connectivity index (χ1) is 8.65. The Morgan fingerprint density at radius 2 is 2.28 bits per heavy atom. The molecule has 5 nitrogen and oxygen atoms in total. The summed E-state index contributed by atoms with van der Waals surface area (Å²) in [7, 11) is 4.20. The molecule has 0 aromatic carbocycles. The number of nitrogens with zero attached hydrogens (tertiary/aromatic N) is 1. The molecule has 2 aliphatic heterocycles. The van der Waals surface area contributed by atoms with E-state index in [0.717, 1.165) is 52.0 Å². The zero-order valence-electron chi connectivity index (χ0n) is 11.7. The fourth-order valence-corrected chi connectivity index (χ4v) is 3.12. The largest absolute Gasteiger partial charge is 0.378 e. The quantitative estimate of drug-likeness (QED) is 0.550. The van der Waals surface area contributed by atoms with Gasteiger partial charge in [0.05, 0.1) is 12.2 Å². The van der Waals surface area contributed by atoms with Crippen LogP contribution in [0.15, 0.2) is 0 Å². The predicted octanol–water partition coefficient (Wildman–Crippen LogP) is 0.356. The molecule has 1 spiro atoms. The van der Waals surface area contributed by atoms with Crippen molar-refractivity contribution in [2.75, 3.05) is 40.5 Å². The van der Waals surface area contributed by atoms with Crippen molar-refractivity contribution in [3.05, 3.63) is 0 Å². The average Bonchev–Trinajstić information content (AvgIpc) is 2.78. The highest BCUT2D eigenvalue weighted by Gasteiger charge is 2.42. The van der Waals surface area contributed by atoms with Gasteiger partial charge in [0.1, 0.15) is 0 Å². The van der Waals surface area contributed by atoms with Gasteiger partial charge in [-0.1, -0.05) is 0 Å². The topological polar surface area (TPSA) is 59.8 Å². The van der Waals surface area contributed by atoms with Crippen LogP contribution in [0.4, 0.5) is 0 Å². The molecule has 2 saturated heterocycles. The van der Waals surface area contributed by atoms with E-state index in [1.807, 2.05) is 0 Å². The number of hydrogen-bond donors (Lipinski definition) is 2. The standard InChI is InChI=1S/C13H27N3O2/c1-16(2)6-3-12(15-14)11-4-7-18-13(9-11)5-8-17-10-13/h11-12,15H,3-10,14H2,1-2H3. The Balaban J connectivity index is 1.89. The van der Waals surface area contributed by atoms with Crippen LogP contribution in [0.2, 0.25) is 0 Å². The first kappa shape index (κ1) is 14.2. The third-order valence-corrected chi connectivity index (χ3v) is 4.27. The second-order valence-corrected chi connectivity index (χ2v) is 5.95. The van der Waals surface area contributed by atoms with E-state index in [2.05, 4.69) is 24.4 Å². The van der Waals surface area contributed by atoms with E-state index in [0.29, 0.717) is 12.0 Å². The molecular formula is C13H27N3O2. The summed E-state index contributed by atoms with van der Waals surface area (Å²) in [5.74, 6) is 6.34. The Hall–Kier alpha value is -0.200. The van der Waals surface area contributed by atoms with Crippen LogP contribution in [0.5, 0.6) is 0 Å². The molecule has 18 heavy (non-hydrogen) atoms. The Morgan fingerprint density at radius 3 is 2.89 bits per heavy atom. The van der Waals surface area contributed by atoms with E-state index in [9.17, 15) is 0 Å². The molecule has 0 saturated carbocycles. The Morgan fingerprint density at radius 1 is 1.44 bits per heavy atom. The van der Waals surface area contributed by atoms with Gasteiger partial charge in [-0.3, -0.25) is 11.3 Å². The lowest BCUT2D eigenvalue weighted by molar-refractivity contribution is -0.103. The zero-order valence-corrected chi connectivity index (χ0v) is 11.7. The van der Waals surface area contributed by atoms with Gasteiger partial charge in [0.25, 0.3) is 0 Å². The molecule has 2 aliphatic rings. The molecule has 0 amide bonds. The molecule has 0 aliphatic carbocycles. The monoisotopic (exact) mass is 257 g/mol. The van der Waals surface area contributed by atoms with Gasteiger partial charge >= 0.3 is 0 Å². The Kier molecular flexibility index (Phi) is 4.98. The normalized spacial score (nSPS) is 34.3. The molecule has 0 bridgehead atoms. The summed E-state index contributed by atoms with van der Waals surface area (Å²) >= 11 is 0. The van der Waals surface area contributed by atoms with Gasteiger partial charge in [-0.15, -0.1) is 0 Å². The van der Waals surface area contributed by atoms with Crippen LogP contribution < -0.4 is 11.3 Å². The molecule has 3 unspecified atom stereocenters. The maximum atomic E-state index is 5.97. The zero-order chi connectivity index (χ0) is 13.0. The summed E-state index contributed by atoms with van der Waals surface area (Å²) in [4.78, 5) is 2.21. The summed E-state index contributed by atoms with van der Waals surface area (Å²) in [6.07, 6.45) is 4.30. The average molecular weight is 257 g/mol. The number of rotatable bonds is 5. The number of ether oxygens (including phenoxy) is 2. The molecule has 0 aromatic heterocycles. The SMILES string of the molecule is CN(C)CCC(NN)C1CCOC2(CCOC2)C1. The van der Waals surface area contributed by atoms with Crippen molar-refractivity contribution in [3.63, 3.8) is 0 Å². The van der Waals surface area contributed by atoms with Gasteiger partial charge in [0, 0.05) is 25.7 Å². The molecule has 106 valence electrons. The van der Waals surface area contributed by atoms with Crippen molar-refractivity contribution in [1.29, 1.82) is 0 Å². The fraction of sp³-hybridized carbons (Fsp3) is 1.00. The van der Waals surface area contributed by atoms with E-state index in [1.165, 1.54) is 0 Å². The molecule has 2 rings (SSSR count).